The fraction of sp³-hybridized carbons (Fsp3) is 0.480. The monoisotopic (exact) mass is 414 g/mol. The highest BCUT2D eigenvalue weighted by Gasteiger charge is 2.18. The quantitative estimate of drug-likeness (QED) is 0.151. The van der Waals surface area contributed by atoms with Crippen LogP contribution in [0.2, 0.25) is 0 Å². The summed E-state index contributed by atoms with van der Waals surface area (Å²) in [6, 6.07) is 9.13. The molecule has 0 aliphatic carbocycles. The summed E-state index contributed by atoms with van der Waals surface area (Å²) in [4.78, 5) is 12.3. The molecule has 0 aliphatic rings. The fourth-order valence-electron chi connectivity index (χ4n) is 3.51. The molecule has 2 aromatic carbocycles. The molecule has 5 heteroatoms. The lowest BCUT2D eigenvalue weighted by Gasteiger charge is -2.11. The standard InChI is InChI=1S/C25H34O5/c1-2-3-4-5-6-7-8-9-10-11-14-19-15-12-18-22(23(19)27)30-25(29)20-16-13-17-21(26)24(20)28/h12-13,15-18,26-28H,2-11,14H2,1H3. The Morgan fingerprint density at radius 2 is 1.37 bits per heavy atom. The van der Waals surface area contributed by atoms with Crippen molar-refractivity contribution in [2.75, 3.05) is 0 Å². The van der Waals surface area contributed by atoms with Gasteiger partial charge in [-0.25, -0.2) is 4.79 Å². The molecule has 2 aromatic rings. The molecule has 0 aromatic heterocycles. The van der Waals surface area contributed by atoms with Gasteiger partial charge in [-0.1, -0.05) is 82.9 Å². The van der Waals surface area contributed by atoms with Crippen LogP contribution in [0.3, 0.4) is 0 Å². The minimum Gasteiger partial charge on any atom is -0.504 e. The van der Waals surface area contributed by atoms with Gasteiger partial charge in [0.2, 0.25) is 0 Å². The van der Waals surface area contributed by atoms with Gasteiger partial charge in [0.1, 0.15) is 5.56 Å². The maximum absolute atomic E-state index is 12.3. The van der Waals surface area contributed by atoms with Crippen molar-refractivity contribution in [3.8, 4) is 23.0 Å². The van der Waals surface area contributed by atoms with Crippen LogP contribution in [-0.4, -0.2) is 21.3 Å². The zero-order chi connectivity index (χ0) is 21.8. The molecular formula is C25H34O5. The summed E-state index contributed by atoms with van der Waals surface area (Å²) in [7, 11) is 0. The number of carbonyl (C=O) groups excluding carboxylic acids is 1. The number of unbranched alkanes of at least 4 members (excludes halogenated alkanes) is 9. The lowest BCUT2D eigenvalue weighted by Crippen LogP contribution is -2.09. The van der Waals surface area contributed by atoms with E-state index in [0.29, 0.717) is 6.42 Å². The van der Waals surface area contributed by atoms with Crippen LogP contribution in [-0.2, 0) is 6.42 Å². The Kier molecular flexibility index (Phi) is 10.1. The highest BCUT2D eigenvalue weighted by atomic mass is 16.5. The summed E-state index contributed by atoms with van der Waals surface area (Å²) in [6.07, 6.45) is 13.2. The van der Waals surface area contributed by atoms with Crippen molar-refractivity contribution in [1.82, 2.24) is 0 Å². The summed E-state index contributed by atoms with van der Waals surface area (Å²) < 4.78 is 5.25. The summed E-state index contributed by atoms with van der Waals surface area (Å²) in [5, 5.41) is 29.8. The third-order valence-electron chi connectivity index (χ3n) is 5.32. The van der Waals surface area contributed by atoms with E-state index in [0.717, 1.165) is 18.4 Å². The zero-order valence-corrected chi connectivity index (χ0v) is 17.9. The van der Waals surface area contributed by atoms with E-state index in [-0.39, 0.29) is 17.1 Å². The molecule has 2 rings (SSSR count). The molecule has 0 amide bonds. The Hall–Kier alpha value is -2.69. The molecule has 30 heavy (non-hydrogen) atoms. The maximum atomic E-state index is 12.3. The number of phenolic OH excluding ortho intramolecular Hbond substituents is 3. The summed E-state index contributed by atoms with van der Waals surface area (Å²) >= 11 is 0. The zero-order valence-electron chi connectivity index (χ0n) is 17.9. The molecule has 0 atom stereocenters. The summed E-state index contributed by atoms with van der Waals surface area (Å²) in [5.41, 5.74) is 0.578. The summed E-state index contributed by atoms with van der Waals surface area (Å²) in [6.45, 7) is 2.23. The van der Waals surface area contributed by atoms with Crippen LogP contribution in [0.4, 0.5) is 0 Å². The van der Waals surface area contributed by atoms with Gasteiger partial charge >= 0.3 is 5.97 Å². The first-order chi connectivity index (χ1) is 14.5. The van der Waals surface area contributed by atoms with Crippen molar-refractivity contribution in [3.05, 3.63) is 47.5 Å². The molecule has 0 saturated heterocycles. The van der Waals surface area contributed by atoms with Crippen LogP contribution in [0, 0.1) is 0 Å². The number of rotatable bonds is 13. The first-order valence-electron chi connectivity index (χ1n) is 11.1. The van der Waals surface area contributed by atoms with E-state index in [1.807, 2.05) is 6.07 Å². The molecule has 0 aliphatic heterocycles. The number of para-hydroxylation sites is 2. The average molecular weight is 415 g/mol. The van der Waals surface area contributed by atoms with Crippen LogP contribution in [0.1, 0.15) is 87.1 Å². The first-order valence-corrected chi connectivity index (χ1v) is 11.1. The number of ether oxygens (including phenoxy) is 1. The van der Waals surface area contributed by atoms with E-state index in [1.165, 1.54) is 75.6 Å². The van der Waals surface area contributed by atoms with Gasteiger partial charge in [-0.05, 0) is 36.6 Å². The number of phenols is 3. The lowest BCUT2D eigenvalue weighted by molar-refractivity contribution is 0.0725. The van der Waals surface area contributed by atoms with Gasteiger partial charge in [-0.3, -0.25) is 0 Å². The Labute approximate surface area is 179 Å². The van der Waals surface area contributed by atoms with Crippen LogP contribution in [0.25, 0.3) is 0 Å². The van der Waals surface area contributed by atoms with Gasteiger partial charge < -0.3 is 20.1 Å². The third-order valence-corrected chi connectivity index (χ3v) is 5.32. The molecule has 0 radical (unpaired) electrons. The molecule has 0 unspecified atom stereocenters. The van der Waals surface area contributed by atoms with Gasteiger partial charge in [-0.2, -0.15) is 0 Å². The minimum atomic E-state index is -0.838. The normalized spacial score (nSPS) is 10.8. The second-order valence-corrected chi connectivity index (χ2v) is 7.76. The number of hydrogen-bond donors (Lipinski definition) is 3. The van der Waals surface area contributed by atoms with E-state index in [4.69, 9.17) is 4.74 Å². The highest BCUT2D eigenvalue weighted by Crippen LogP contribution is 2.34. The van der Waals surface area contributed by atoms with Crippen LogP contribution in [0.15, 0.2) is 36.4 Å². The predicted molar refractivity (Wildman–Crippen MR) is 118 cm³/mol. The molecule has 0 saturated carbocycles. The van der Waals surface area contributed by atoms with Crippen molar-refractivity contribution in [2.24, 2.45) is 0 Å². The largest absolute Gasteiger partial charge is 0.504 e. The maximum Gasteiger partial charge on any atom is 0.347 e. The second-order valence-electron chi connectivity index (χ2n) is 7.76. The van der Waals surface area contributed by atoms with Crippen LogP contribution < -0.4 is 4.74 Å². The fourth-order valence-corrected chi connectivity index (χ4v) is 3.51. The van der Waals surface area contributed by atoms with Gasteiger partial charge in [0, 0.05) is 0 Å². The number of carbonyl (C=O) groups is 1. The first kappa shape index (κ1) is 23.6. The van der Waals surface area contributed by atoms with Crippen molar-refractivity contribution in [1.29, 1.82) is 0 Å². The SMILES string of the molecule is CCCCCCCCCCCCc1cccc(OC(=O)c2cccc(O)c2O)c1O. The van der Waals surface area contributed by atoms with Crippen molar-refractivity contribution < 1.29 is 24.9 Å². The molecule has 0 bridgehead atoms. The van der Waals surface area contributed by atoms with Gasteiger partial charge in [0.25, 0.3) is 0 Å². The van der Waals surface area contributed by atoms with Gasteiger partial charge in [0.05, 0.1) is 0 Å². The van der Waals surface area contributed by atoms with Crippen molar-refractivity contribution in [2.45, 2.75) is 77.6 Å². The van der Waals surface area contributed by atoms with E-state index in [1.54, 1.807) is 6.07 Å². The lowest BCUT2D eigenvalue weighted by atomic mass is 10.0. The van der Waals surface area contributed by atoms with E-state index < -0.39 is 17.5 Å². The van der Waals surface area contributed by atoms with Crippen molar-refractivity contribution >= 4 is 5.97 Å². The molecule has 0 spiro atoms. The minimum absolute atomic E-state index is 0.0484. The van der Waals surface area contributed by atoms with E-state index in [9.17, 15) is 20.1 Å². The van der Waals surface area contributed by atoms with Gasteiger partial charge in [-0.15, -0.1) is 0 Å². The molecular weight excluding hydrogens is 380 g/mol. The van der Waals surface area contributed by atoms with Crippen LogP contribution in [0.5, 0.6) is 23.0 Å². The smallest absolute Gasteiger partial charge is 0.347 e. The summed E-state index contributed by atoms with van der Waals surface area (Å²) in [5.74, 6) is -1.78. The van der Waals surface area contributed by atoms with E-state index >= 15 is 0 Å². The average Bonchev–Trinajstić information content (AvgIpc) is 2.73. The molecule has 5 nitrogen and oxygen atoms in total. The number of benzene rings is 2. The number of esters is 1. The second kappa shape index (κ2) is 12.8. The Bertz CT molecular complexity index is 800. The Morgan fingerprint density at radius 3 is 2.03 bits per heavy atom. The van der Waals surface area contributed by atoms with Crippen LogP contribution >= 0.6 is 0 Å². The predicted octanol–water partition coefficient (Wildman–Crippen LogP) is 6.49. The highest BCUT2D eigenvalue weighted by molar-refractivity contribution is 5.95. The van der Waals surface area contributed by atoms with E-state index in [2.05, 4.69) is 6.92 Å². The Morgan fingerprint density at radius 1 is 0.767 bits per heavy atom. The topological polar surface area (TPSA) is 87.0 Å². The molecule has 0 heterocycles. The number of hydrogen-bond acceptors (Lipinski definition) is 5. The van der Waals surface area contributed by atoms with Crippen molar-refractivity contribution in [3.63, 3.8) is 0 Å². The molecule has 3 N–H and O–H groups in total. The number of aryl methyl sites for hydroxylation is 1. The Balaban J connectivity index is 1.78. The van der Waals surface area contributed by atoms with Gasteiger partial charge in [0.15, 0.2) is 23.0 Å². The molecule has 0 fully saturated rings. The number of aromatic hydroxyl groups is 3. The third kappa shape index (κ3) is 7.29. The molecule has 164 valence electrons.